The summed E-state index contributed by atoms with van der Waals surface area (Å²) in [5, 5.41) is 10.0. The molecule has 15 heavy (non-hydrogen) atoms. The summed E-state index contributed by atoms with van der Waals surface area (Å²) < 4.78 is 0. The molecule has 1 aromatic heterocycles. The first-order chi connectivity index (χ1) is 7.09. The smallest absolute Gasteiger partial charge is 0.242 e. The second kappa shape index (κ2) is 5.41. The van der Waals surface area contributed by atoms with E-state index in [1.165, 1.54) is 0 Å². The number of carbonyl (C=O) groups is 1. The van der Waals surface area contributed by atoms with E-state index >= 15 is 0 Å². The molecule has 0 aliphatic carbocycles. The molecule has 0 aliphatic rings. The summed E-state index contributed by atoms with van der Waals surface area (Å²) in [5.41, 5.74) is 5.71. The summed E-state index contributed by atoms with van der Waals surface area (Å²) in [6.45, 7) is 4.05. The maximum Gasteiger partial charge on any atom is 0.242 e. The van der Waals surface area contributed by atoms with E-state index in [2.05, 4.69) is 15.5 Å². The van der Waals surface area contributed by atoms with Crippen molar-refractivity contribution in [2.75, 3.05) is 5.32 Å². The number of nitrogens with two attached hydrogens (primary N) is 1. The van der Waals surface area contributed by atoms with E-state index in [9.17, 15) is 4.79 Å². The molecule has 1 aromatic rings. The summed E-state index contributed by atoms with van der Waals surface area (Å²) in [7, 11) is 0. The van der Waals surface area contributed by atoms with Crippen LogP contribution in [-0.4, -0.2) is 22.1 Å². The van der Waals surface area contributed by atoms with Gasteiger partial charge >= 0.3 is 0 Å². The van der Waals surface area contributed by atoms with Crippen LogP contribution in [0.1, 0.15) is 20.3 Å². The highest BCUT2D eigenvalue weighted by atomic mass is 16.2. The van der Waals surface area contributed by atoms with Crippen LogP contribution in [0.15, 0.2) is 18.3 Å². The molecule has 5 heteroatoms. The van der Waals surface area contributed by atoms with Crippen molar-refractivity contribution in [1.82, 2.24) is 10.2 Å². The van der Waals surface area contributed by atoms with Crippen LogP contribution in [0.4, 0.5) is 5.82 Å². The molecule has 0 spiro atoms. The van der Waals surface area contributed by atoms with Gasteiger partial charge in [0.15, 0.2) is 5.82 Å². The third kappa shape index (κ3) is 4.03. The molecule has 1 amide bonds. The van der Waals surface area contributed by atoms with Crippen molar-refractivity contribution in [3.63, 3.8) is 0 Å². The minimum atomic E-state index is -0.494. The van der Waals surface area contributed by atoms with Crippen molar-refractivity contribution in [2.45, 2.75) is 26.3 Å². The van der Waals surface area contributed by atoms with Crippen molar-refractivity contribution in [2.24, 2.45) is 11.7 Å². The zero-order valence-corrected chi connectivity index (χ0v) is 8.97. The third-order valence-corrected chi connectivity index (χ3v) is 1.89. The molecule has 0 aromatic carbocycles. The van der Waals surface area contributed by atoms with E-state index < -0.39 is 6.04 Å². The minimum Gasteiger partial charge on any atom is -0.320 e. The highest BCUT2D eigenvalue weighted by molar-refractivity contribution is 5.93. The Hall–Kier alpha value is -1.49. The van der Waals surface area contributed by atoms with Crippen LogP contribution in [-0.2, 0) is 4.79 Å². The molecule has 0 radical (unpaired) electrons. The van der Waals surface area contributed by atoms with Crippen LogP contribution in [0.5, 0.6) is 0 Å². The minimum absolute atomic E-state index is 0.218. The Morgan fingerprint density at radius 2 is 2.33 bits per heavy atom. The highest BCUT2D eigenvalue weighted by Gasteiger charge is 2.15. The molecule has 0 unspecified atom stereocenters. The van der Waals surface area contributed by atoms with Crippen LogP contribution >= 0.6 is 0 Å². The second-order valence-electron chi connectivity index (χ2n) is 3.83. The molecule has 0 bridgehead atoms. The summed E-state index contributed by atoms with van der Waals surface area (Å²) in [4.78, 5) is 11.5. The number of hydrogen-bond acceptors (Lipinski definition) is 4. The molecule has 5 nitrogen and oxygen atoms in total. The topological polar surface area (TPSA) is 80.9 Å². The number of aromatic nitrogens is 2. The maximum absolute atomic E-state index is 11.5. The van der Waals surface area contributed by atoms with E-state index in [1.807, 2.05) is 13.8 Å². The first-order valence-corrected chi connectivity index (χ1v) is 4.93. The van der Waals surface area contributed by atoms with Crippen LogP contribution in [0.3, 0.4) is 0 Å². The average molecular weight is 208 g/mol. The van der Waals surface area contributed by atoms with Gasteiger partial charge in [-0.2, -0.15) is 5.10 Å². The third-order valence-electron chi connectivity index (χ3n) is 1.89. The van der Waals surface area contributed by atoms with Crippen molar-refractivity contribution in [1.29, 1.82) is 0 Å². The lowest BCUT2D eigenvalue weighted by Gasteiger charge is -2.13. The summed E-state index contributed by atoms with van der Waals surface area (Å²) >= 11 is 0. The Labute approximate surface area is 89.1 Å². The largest absolute Gasteiger partial charge is 0.320 e. The van der Waals surface area contributed by atoms with Gasteiger partial charge in [-0.05, 0) is 24.5 Å². The Bertz CT molecular complexity index is 312. The molecule has 1 atom stereocenters. The lowest BCUT2D eigenvalue weighted by Crippen LogP contribution is -2.36. The fraction of sp³-hybridized carbons (Fsp3) is 0.500. The van der Waals surface area contributed by atoms with Gasteiger partial charge in [-0.25, -0.2) is 0 Å². The quantitative estimate of drug-likeness (QED) is 0.766. The monoisotopic (exact) mass is 208 g/mol. The van der Waals surface area contributed by atoms with Gasteiger partial charge in [0.1, 0.15) is 0 Å². The van der Waals surface area contributed by atoms with E-state index in [1.54, 1.807) is 18.3 Å². The van der Waals surface area contributed by atoms with Gasteiger partial charge in [0, 0.05) is 6.20 Å². The summed E-state index contributed by atoms with van der Waals surface area (Å²) in [6.07, 6.45) is 2.20. The van der Waals surface area contributed by atoms with E-state index in [0.717, 1.165) is 0 Å². The molecule has 0 saturated carbocycles. The first kappa shape index (κ1) is 11.6. The number of amides is 1. The first-order valence-electron chi connectivity index (χ1n) is 4.93. The number of hydrogen-bond donors (Lipinski definition) is 2. The predicted octanol–water partition coefficient (Wildman–Crippen LogP) is 0.788. The fourth-order valence-corrected chi connectivity index (χ4v) is 1.20. The Kier molecular flexibility index (Phi) is 4.17. The number of carbonyl (C=O) groups excluding carboxylic acids is 1. The van der Waals surface area contributed by atoms with Gasteiger partial charge in [0.2, 0.25) is 5.91 Å². The van der Waals surface area contributed by atoms with Crippen LogP contribution in [0.25, 0.3) is 0 Å². The normalized spacial score (nSPS) is 12.5. The Morgan fingerprint density at radius 1 is 1.60 bits per heavy atom. The number of nitrogens with one attached hydrogen (secondary N) is 1. The SMILES string of the molecule is CC(C)C[C@H](N)C(=O)Nc1cccnn1. The average Bonchev–Trinajstić information content (AvgIpc) is 2.18. The van der Waals surface area contributed by atoms with E-state index in [0.29, 0.717) is 18.2 Å². The molecule has 1 heterocycles. The fourth-order valence-electron chi connectivity index (χ4n) is 1.20. The molecular formula is C10H16N4O. The summed E-state index contributed by atoms with van der Waals surface area (Å²) in [5.74, 6) is 0.610. The van der Waals surface area contributed by atoms with Crippen molar-refractivity contribution in [3.05, 3.63) is 18.3 Å². The van der Waals surface area contributed by atoms with E-state index in [4.69, 9.17) is 5.73 Å². The van der Waals surface area contributed by atoms with Gasteiger partial charge in [0.25, 0.3) is 0 Å². The lowest BCUT2D eigenvalue weighted by atomic mass is 10.0. The van der Waals surface area contributed by atoms with Gasteiger partial charge in [-0.1, -0.05) is 13.8 Å². The van der Waals surface area contributed by atoms with Gasteiger partial charge in [0.05, 0.1) is 6.04 Å². The molecular weight excluding hydrogens is 192 g/mol. The van der Waals surface area contributed by atoms with Crippen LogP contribution in [0.2, 0.25) is 0 Å². The van der Waals surface area contributed by atoms with Gasteiger partial charge in [-0.3, -0.25) is 4.79 Å². The van der Waals surface area contributed by atoms with Gasteiger partial charge in [-0.15, -0.1) is 5.10 Å². The Morgan fingerprint density at radius 3 is 2.87 bits per heavy atom. The zero-order chi connectivity index (χ0) is 11.3. The maximum atomic E-state index is 11.5. The predicted molar refractivity (Wildman–Crippen MR) is 58.1 cm³/mol. The molecule has 0 fully saturated rings. The molecule has 3 N–H and O–H groups in total. The second-order valence-corrected chi connectivity index (χ2v) is 3.83. The zero-order valence-electron chi connectivity index (χ0n) is 8.97. The highest BCUT2D eigenvalue weighted by Crippen LogP contribution is 2.05. The van der Waals surface area contributed by atoms with Crippen molar-refractivity contribution < 1.29 is 4.79 Å². The molecule has 0 aliphatic heterocycles. The van der Waals surface area contributed by atoms with Crippen molar-refractivity contribution in [3.8, 4) is 0 Å². The molecule has 82 valence electrons. The summed E-state index contributed by atoms with van der Waals surface area (Å²) in [6, 6.07) is 2.89. The number of anilines is 1. The Balaban J connectivity index is 2.49. The van der Waals surface area contributed by atoms with Crippen LogP contribution < -0.4 is 11.1 Å². The lowest BCUT2D eigenvalue weighted by molar-refractivity contribution is -0.117. The standard InChI is InChI=1S/C10H16N4O/c1-7(2)6-8(11)10(15)13-9-4-3-5-12-14-9/h3-5,7-8H,6,11H2,1-2H3,(H,13,14,15)/t8-/m0/s1. The van der Waals surface area contributed by atoms with Gasteiger partial charge < -0.3 is 11.1 Å². The number of nitrogens with zero attached hydrogens (tertiary/aromatic N) is 2. The molecule has 1 rings (SSSR count). The molecule has 0 saturated heterocycles. The van der Waals surface area contributed by atoms with E-state index in [-0.39, 0.29) is 5.91 Å². The van der Waals surface area contributed by atoms with Crippen LogP contribution in [0, 0.1) is 5.92 Å². The number of rotatable bonds is 4. The van der Waals surface area contributed by atoms with Crippen molar-refractivity contribution >= 4 is 11.7 Å².